The normalized spacial score (nSPS) is 11.0. The molecule has 0 radical (unpaired) electrons. The molecular weight excluding hydrogens is 242 g/mol. The maximum Gasteiger partial charge on any atom is 0.0908 e. The summed E-state index contributed by atoms with van der Waals surface area (Å²) in [5.74, 6) is 0. The van der Waals surface area contributed by atoms with E-state index in [1.807, 2.05) is 24.4 Å². The second-order valence-corrected chi connectivity index (χ2v) is 4.21. The Morgan fingerprint density at radius 2 is 1.95 bits per heavy atom. The van der Waals surface area contributed by atoms with E-state index in [2.05, 4.69) is 20.3 Å². The van der Waals surface area contributed by atoms with Gasteiger partial charge in [0, 0.05) is 19.0 Å². The van der Waals surface area contributed by atoms with Crippen LogP contribution in [0.3, 0.4) is 0 Å². The molecule has 3 rings (SSSR count). The first-order valence-electron chi connectivity index (χ1n) is 6.10. The van der Waals surface area contributed by atoms with E-state index < -0.39 is 0 Å². The van der Waals surface area contributed by atoms with Crippen molar-refractivity contribution in [3.05, 3.63) is 42.5 Å². The van der Waals surface area contributed by atoms with E-state index in [9.17, 15) is 0 Å². The zero-order valence-electron chi connectivity index (χ0n) is 10.3. The van der Waals surface area contributed by atoms with Crippen LogP contribution in [0.25, 0.3) is 16.7 Å². The first kappa shape index (κ1) is 11.7. The minimum atomic E-state index is 0.165. The van der Waals surface area contributed by atoms with Gasteiger partial charge in [-0.25, -0.2) is 4.68 Å². The Morgan fingerprint density at radius 1 is 1.11 bits per heavy atom. The summed E-state index contributed by atoms with van der Waals surface area (Å²) in [6, 6.07) is 5.76. The second-order valence-electron chi connectivity index (χ2n) is 4.21. The van der Waals surface area contributed by atoms with Crippen LogP contribution >= 0.6 is 0 Å². The van der Waals surface area contributed by atoms with E-state index in [1.165, 1.54) is 0 Å². The number of aryl methyl sites for hydroxylation is 1. The fourth-order valence-electron chi connectivity index (χ4n) is 1.89. The lowest BCUT2D eigenvalue weighted by Gasteiger charge is -2.01. The zero-order valence-corrected chi connectivity index (χ0v) is 10.3. The Hall–Kier alpha value is -2.34. The van der Waals surface area contributed by atoms with E-state index in [1.54, 1.807) is 17.1 Å². The summed E-state index contributed by atoms with van der Waals surface area (Å²) in [7, 11) is 0. The van der Waals surface area contributed by atoms with Crippen LogP contribution in [-0.4, -0.2) is 36.7 Å². The van der Waals surface area contributed by atoms with Gasteiger partial charge in [0.2, 0.25) is 0 Å². The maximum absolute atomic E-state index is 8.80. The molecule has 3 aromatic rings. The molecule has 0 saturated heterocycles. The van der Waals surface area contributed by atoms with Gasteiger partial charge in [-0.3, -0.25) is 9.97 Å². The number of aromatic nitrogens is 5. The van der Waals surface area contributed by atoms with Crippen molar-refractivity contribution < 1.29 is 5.11 Å². The number of nitrogens with zero attached hydrogens (tertiary/aromatic N) is 5. The van der Waals surface area contributed by atoms with Crippen molar-refractivity contribution in [1.29, 1.82) is 0 Å². The molecule has 0 aliphatic rings. The number of rotatable bonds is 4. The minimum Gasteiger partial charge on any atom is -0.396 e. The molecule has 6 nitrogen and oxygen atoms in total. The molecule has 0 saturated carbocycles. The summed E-state index contributed by atoms with van der Waals surface area (Å²) < 4.78 is 1.71. The number of hydrogen-bond donors (Lipinski definition) is 1. The van der Waals surface area contributed by atoms with E-state index in [-0.39, 0.29) is 6.61 Å². The molecule has 19 heavy (non-hydrogen) atoms. The van der Waals surface area contributed by atoms with Gasteiger partial charge in [-0.1, -0.05) is 5.21 Å². The molecule has 1 aromatic carbocycles. The lowest BCUT2D eigenvalue weighted by atomic mass is 10.2. The first-order valence-corrected chi connectivity index (χ1v) is 6.10. The van der Waals surface area contributed by atoms with Crippen LogP contribution in [0.2, 0.25) is 0 Å². The van der Waals surface area contributed by atoms with Crippen molar-refractivity contribution in [3.8, 4) is 5.69 Å². The standard InChI is InChI=1S/C13H13N5O/c19-7-1-2-10-9-18(17-16-10)11-3-4-12-13(8-11)15-6-5-14-12/h3-6,8-9,19H,1-2,7H2. The third-order valence-corrected chi connectivity index (χ3v) is 2.85. The molecule has 0 amide bonds. The lowest BCUT2D eigenvalue weighted by molar-refractivity contribution is 0.288. The van der Waals surface area contributed by atoms with Crippen LogP contribution in [0.15, 0.2) is 36.8 Å². The summed E-state index contributed by atoms with van der Waals surface area (Å²) in [5, 5.41) is 17.0. The molecule has 2 aromatic heterocycles. The Balaban J connectivity index is 1.92. The average Bonchev–Trinajstić information content (AvgIpc) is 2.93. The predicted octanol–water partition coefficient (Wildman–Crippen LogP) is 1.14. The van der Waals surface area contributed by atoms with Crippen LogP contribution in [0.1, 0.15) is 12.1 Å². The van der Waals surface area contributed by atoms with Gasteiger partial charge in [0.05, 0.1) is 28.6 Å². The number of aliphatic hydroxyl groups is 1. The average molecular weight is 255 g/mol. The molecule has 0 atom stereocenters. The Bertz CT molecular complexity index is 694. The van der Waals surface area contributed by atoms with Crippen LogP contribution in [-0.2, 0) is 6.42 Å². The van der Waals surface area contributed by atoms with E-state index in [4.69, 9.17) is 5.11 Å². The van der Waals surface area contributed by atoms with E-state index in [0.717, 1.165) is 28.8 Å². The fraction of sp³-hybridized carbons (Fsp3) is 0.231. The minimum absolute atomic E-state index is 0.165. The van der Waals surface area contributed by atoms with Crippen molar-refractivity contribution in [3.63, 3.8) is 0 Å². The van der Waals surface area contributed by atoms with Gasteiger partial charge in [-0.15, -0.1) is 5.10 Å². The molecule has 0 fully saturated rings. The summed E-state index contributed by atoms with van der Waals surface area (Å²) in [5.41, 5.74) is 3.45. The fourth-order valence-corrected chi connectivity index (χ4v) is 1.89. The highest BCUT2D eigenvalue weighted by Crippen LogP contribution is 2.14. The first-order chi connectivity index (χ1) is 9.36. The molecule has 0 unspecified atom stereocenters. The summed E-state index contributed by atoms with van der Waals surface area (Å²) in [6.45, 7) is 0.165. The van der Waals surface area contributed by atoms with E-state index >= 15 is 0 Å². The molecule has 0 aliphatic carbocycles. The molecule has 96 valence electrons. The van der Waals surface area contributed by atoms with Crippen molar-refractivity contribution in [1.82, 2.24) is 25.0 Å². The van der Waals surface area contributed by atoms with Crippen LogP contribution < -0.4 is 0 Å². The highest BCUT2D eigenvalue weighted by Gasteiger charge is 2.04. The topological polar surface area (TPSA) is 76.7 Å². The number of aliphatic hydroxyl groups excluding tert-OH is 1. The highest BCUT2D eigenvalue weighted by atomic mass is 16.2. The van der Waals surface area contributed by atoms with Gasteiger partial charge < -0.3 is 5.11 Å². The Kier molecular flexibility index (Phi) is 3.16. The van der Waals surface area contributed by atoms with Gasteiger partial charge in [0.1, 0.15) is 0 Å². The van der Waals surface area contributed by atoms with Gasteiger partial charge in [-0.05, 0) is 31.0 Å². The molecular formula is C13H13N5O. The summed E-state index contributed by atoms with van der Waals surface area (Å²) >= 11 is 0. The third kappa shape index (κ3) is 2.43. The van der Waals surface area contributed by atoms with Gasteiger partial charge in [-0.2, -0.15) is 0 Å². The maximum atomic E-state index is 8.80. The Morgan fingerprint density at radius 3 is 2.79 bits per heavy atom. The molecule has 6 heteroatoms. The SMILES string of the molecule is OCCCc1cn(-c2ccc3nccnc3c2)nn1. The largest absolute Gasteiger partial charge is 0.396 e. The predicted molar refractivity (Wildman–Crippen MR) is 69.9 cm³/mol. The monoisotopic (exact) mass is 255 g/mol. The summed E-state index contributed by atoms with van der Waals surface area (Å²) in [4.78, 5) is 8.49. The number of benzene rings is 1. The molecule has 2 heterocycles. The molecule has 1 N–H and O–H groups in total. The summed E-state index contributed by atoms with van der Waals surface area (Å²) in [6.07, 6.45) is 6.63. The number of hydrogen-bond acceptors (Lipinski definition) is 5. The van der Waals surface area contributed by atoms with Gasteiger partial charge in [0.25, 0.3) is 0 Å². The van der Waals surface area contributed by atoms with Crippen LogP contribution in [0.4, 0.5) is 0 Å². The van der Waals surface area contributed by atoms with Crippen molar-refractivity contribution in [2.75, 3.05) is 6.61 Å². The molecule has 0 spiro atoms. The third-order valence-electron chi connectivity index (χ3n) is 2.85. The lowest BCUT2D eigenvalue weighted by Crippen LogP contribution is -1.95. The second kappa shape index (κ2) is 5.11. The zero-order chi connectivity index (χ0) is 13.1. The van der Waals surface area contributed by atoms with Gasteiger partial charge >= 0.3 is 0 Å². The number of fused-ring (bicyclic) bond motifs is 1. The smallest absolute Gasteiger partial charge is 0.0908 e. The highest BCUT2D eigenvalue weighted by molar-refractivity contribution is 5.76. The quantitative estimate of drug-likeness (QED) is 0.756. The van der Waals surface area contributed by atoms with Gasteiger partial charge in [0.15, 0.2) is 0 Å². The molecule has 0 bridgehead atoms. The van der Waals surface area contributed by atoms with Crippen molar-refractivity contribution in [2.45, 2.75) is 12.8 Å². The van der Waals surface area contributed by atoms with E-state index in [0.29, 0.717) is 6.42 Å². The van der Waals surface area contributed by atoms with Crippen molar-refractivity contribution in [2.24, 2.45) is 0 Å². The Labute approximate surface area is 109 Å². The molecule has 0 aliphatic heterocycles. The van der Waals surface area contributed by atoms with Crippen LogP contribution in [0.5, 0.6) is 0 Å². The van der Waals surface area contributed by atoms with Crippen LogP contribution in [0, 0.1) is 0 Å². The van der Waals surface area contributed by atoms with Crippen molar-refractivity contribution >= 4 is 11.0 Å².